The van der Waals surface area contributed by atoms with Crippen molar-refractivity contribution in [1.82, 2.24) is 21.1 Å². The lowest BCUT2D eigenvalue weighted by Gasteiger charge is -2.25. The Hall–Kier alpha value is -3.17. The van der Waals surface area contributed by atoms with E-state index in [0.29, 0.717) is 25.7 Å². The number of nitrogens with one attached hydrogen (secondary N) is 3. The van der Waals surface area contributed by atoms with E-state index in [9.17, 15) is 23.6 Å². The third kappa shape index (κ3) is 5.43. The number of carbonyl (C=O) groups is 4. The summed E-state index contributed by atoms with van der Waals surface area (Å²) in [6.45, 7) is 2.75. The number of hydrogen-bond donors (Lipinski definition) is 3. The van der Waals surface area contributed by atoms with Crippen LogP contribution in [-0.2, 0) is 14.4 Å². The van der Waals surface area contributed by atoms with Gasteiger partial charge in [-0.25, -0.2) is 9.18 Å². The lowest BCUT2D eigenvalue weighted by molar-refractivity contribution is -0.136. The standard InChI is InChI=1S/C19H25FN4O5/c1-3-9-19(10-4-2)17(27)24(18(28)21-19)11-15(25)22-23-16(26)12-29-14-8-6-5-7-13(14)20/h5-8H,3-4,9-12H2,1-2H3,(H,21,28)(H,22,25)(H,23,26). The van der Waals surface area contributed by atoms with E-state index >= 15 is 0 Å². The van der Waals surface area contributed by atoms with Crippen molar-refractivity contribution < 1.29 is 28.3 Å². The molecular weight excluding hydrogens is 383 g/mol. The van der Waals surface area contributed by atoms with Crippen molar-refractivity contribution >= 4 is 23.8 Å². The van der Waals surface area contributed by atoms with Gasteiger partial charge in [0, 0.05) is 0 Å². The van der Waals surface area contributed by atoms with E-state index in [-0.39, 0.29) is 5.75 Å². The number of imide groups is 1. The lowest BCUT2D eigenvalue weighted by atomic mass is 9.88. The molecule has 1 aromatic carbocycles. The van der Waals surface area contributed by atoms with Crippen LogP contribution in [0.1, 0.15) is 39.5 Å². The van der Waals surface area contributed by atoms with Crippen molar-refractivity contribution in [3.05, 3.63) is 30.1 Å². The minimum absolute atomic E-state index is 0.100. The Morgan fingerprint density at radius 2 is 1.72 bits per heavy atom. The molecule has 2 rings (SSSR count). The molecular formula is C19H25FN4O5. The molecule has 1 aliphatic heterocycles. The van der Waals surface area contributed by atoms with Gasteiger partial charge in [0.15, 0.2) is 18.2 Å². The van der Waals surface area contributed by atoms with Crippen molar-refractivity contribution in [3.8, 4) is 5.75 Å². The first-order chi connectivity index (χ1) is 13.8. The number of urea groups is 1. The number of ether oxygens (including phenoxy) is 1. The van der Waals surface area contributed by atoms with Crippen molar-refractivity contribution in [2.24, 2.45) is 0 Å². The molecule has 3 N–H and O–H groups in total. The predicted octanol–water partition coefficient (Wildman–Crippen LogP) is 1.24. The van der Waals surface area contributed by atoms with Crippen LogP contribution in [0, 0.1) is 5.82 Å². The van der Waals surface area contributed by atoms with Gasteiger partial charge in [0.2, 0.25) is 0 Å². The van der Waals surface area contributed by atoms with Gasteiger partial charge in [-0.3, -0.25) is 30.1 Å². The van der Waals surface area contributed by atoms with Crippen LogP contribution < -0.4 is 20.9 Å². The highest BCUT2D eigenvalue weighted by Gasteiger charge is 2.50. The number of hydrazine groups is 1. The van der Waals surface area contributed by atoms with E-state index < -0.39 is 48.3 Å². The molecule has 1 aromatic rings. The molecule has 1 fully saturated rings. The Balaban J connectivity index is 1.84. The fraction of sp³-hybridized carbons (Fsp3) is 0.474. The van der Waals surface area contributed by atoms with Gasteiger partial charge in [0.25, 0.3) is 17.7 Å². The maximum Gasteiger partial charge on any atom is 0.325 e. The molecule has 0 bridgehead atoms. The van der Waals surface area contributed by atoms with Gasteiger partial charge in [-0.1, -0.05) is 38.8 Å². The number of benzene rings is 1. The number of carbonyl (C=O) groups excluding carboxylic acids is 4. The molecule has 0 saturated carbocycles. The molecule has 0 atom stereocenters. The quantitative estimate of drug-likeness (QED) is 0.420. The van der Waals surface area contributed by atoms with Gasteiger partial charge < -0.3 is 10.1 Å². The average Bonchev–Trinajstić information content (AvgIpc) is 2.90. The molecule has 158 valence electrons. The van der Waals surface area contributed by atoms with Crippen LogP contribution >= 0.6 is 0 Å². The average molecular weight is 408 g/mol. The van der Waals surface area contributed by atoms with Gasteiger partial charge in [-0.05, 0) is 25.0 Å². The highest BCUT2D eigenvalue weighted by Crippen LogP contribution is 2.27. The maximum absolute atomic E-state index is 13.4. The highest BCUT2D eigenvalue weighted by molar-refractivity contribution is 6.09. The Labute approximate surface area is 167 Å². The second kappa shape index (κ2) is 9.85. The first-order valence-corrected chi connectivity index (χ1v) is 9.42. The van der Waals surface area contributed by atoms with Crippen LogP contribution in [0.4, 0.5) is 9.18 Å². The monoisotopic (exact) mass is 408 g/mol. The Bertz CT molecular complexity index is 780. The van der Waals surface area contributed by atoms with E-state index in [4.69, 9.17) is 4.74 Å². The van der Waals surface area contributed by atoms with E-state index in [1.165, 1.54) is 18.2 Å². The smallest absolute Gasteiger partial charge is 0.325 e. The van der Waals surface area contributed by atoms with Crippen LogP contribution in [-0.4, -0.2) is 47.3 Å². The second-order valence-electron chi connectivity index (χ2n) is 6.72. The predicted molar refractivity (Wildman–Crippen MR) is 101 cm³/mol. The molecule has 1 aliphatic rings. The van der Waals surface area contributed by atoms with Crippen LogP contribution in [0.25, 0.3) is 0 Å². The molecule has 10 heteroatoms. The molecule has 0 radical (unpaired) electrons. The number of amides is 5. The fourth-order valence-corrected chi connectivity index (χ4v) is 3.20. The first-order valence-electron chi connectivity index (χ1n) is 9.42. The summed E-state index contributed by atoms with van der Waals surface area (Å²) in [4.78, 5) is 49.5. The minimum Gasteiger partial charge on any atom is -0.481 e. The summed E-state index contributed by atoms with van der Waals surface area (Å²) in [6.07, 6.45) is 2.36. The van der Waals surface area contributed by atoms with Crippen LogP contribution in [0.15, 0.2) is 24.3 Å². The SMILES string of the molecule is CCCC1(CCC)NC(=O)N(CC(=O)NNC(=O)COc2ccccc2F)C1=O. The molecule has 5 amide bonds. The van der Waals surface area contributed by atoms with Crippen molar-refractivity contribution in [2.75, 3.05) is 13.2 Å². The molecule has 0 unspecified atom stereocenters. The van der Waals surface area contributed by atoms with Gasteiger partial charge in [0.05, 0.1) is 0 Å². The number of halogens is 1. The van der Waals surface area contributed by atoms with Gasteiger partial charge in [0.1, 0.15) is 12.1 Å². The normalized spacial score (nSPS) is 15.1. The molecule has 1 saturated heterocycles. The lowest BCUT2D eigenvalue weighted by Crippen LogP contribution is -2.50. The van der Waals surface area contributed by atoms with Crippen molar-refractivity contribution in [1.29, 1.82) is 0 Å². The summed E-state index contributed by atoms with van der Waals surface area (Å²) in [6, 6.07) is 4.93. The topological polar surface area (TPSA) is 117 Å². The molecule has 29 heavy (non-hydrogen) atoms. The molecule has 0 aromatic heterocycles. The molecule has 0 spiro atoms. The maximum atomic E-state index is 13.4. The Kier molecular flexibility index (Phi) is 7.52. The Morgan fingerprint density at radius 3 is 2.34 bits per heavy atom. The first kappa shape index (κ1) is 22.1. The van der Waals surface area contributed by atoms with Crippen LogP contribution in [0.3, 0.4) is 0 Å². The van der Waals surface area contributed by atoms with E-state index in [2.05, 4.69) is 16.2 Å². The summed E-state index contributed by atoms with van der Waals surface area (Å²) in [5, 5.41) is 2.70. The van der Waals surface area contributed by atoms with Crippen LogP contribution in [0.2, 0.25) is 0 Å². The van der Waals surface area contributed by atoms with Crippen molar-refractivity contribution in [2.45, 2.75) is 45.1 Å². The van der Waals surface area contributed by atoms with Gasteiger partial charge >= 0.3 is 6.03 Å². The molecule has 0 aliphatic carbocycles. The number of nitrogens with zero attached hydrogens (tertiary/aromatic N) is 1. The number of rotatable bonds is 9. The summed E-state index contributed by atoms with van der Waals surface area (Å²) in [7, 11) is 0. The summed E-state index contributed by atoms with van der Waals surface area (Å²) >= 11 is 0. The zero-order valence-corrected chi connectivity index (χ0v) is 16.4. The zero-order chi connectivity index (χ0) is 21.4. The zero-order valence-electron chi connectivity index (χ0n) is 16.4. The summed E-state index contributed by atoms with van der Waals surface area (Å²) in [5.41, 5.74) is 3.21. The largest absolute Gasteiger partial charge is 0.481 e. The second-order valence-corrected chi connectivity index (χ2v) is 6.72. The third-order valence-corrected chi connectivity index (χ3v) is 4.44. The van der Waals surface area contributed by atoms with Crippen LogP contribution in [0.5, 0.6) is 5.75 Å². The molecule has 1 heterocycles. The van der Waals surface area contributed by atoms with E-state index in [1.807, 2.05) is 13.8 Å². The van der Waals surface area contributed by atoms with Crippen molar-refractivity contribution in [3.63, 3.8) is 0 Å². The minimum atomic E-state index is -0.988. The molecule has 9 nitrogen and oxygen atoms in total. The van der Waals surface area contributed by atoms with E-state index in [0.717, 1.165) is 4.90 Å². The van der Waals surface area contributed by atoms with E-state index in [1.54, 1.807) is 6.07 Å². The summed E-state index contributed by atoms with van der Waals surface area (Å²) in [5.74, 6) is -2.65. The number of para-hydroxylation sites is 1. The Morgan fingerprint density at radius 1 is 1.10 bits per heavy atom. The highest BCUT2D eigenvalue weighted by atomic mass is 19.1. The third-order valence-electron chi connectivity index (χ3n) is 4.44. The summed E-state index contributed by atoms with van der Waals surface area (Å²) < 4.78 is 18.4. The fourth-order valence-electron chi connectivity index (χ4n) is 3.20. The number of hydrogen-bond acceptors (Lipinski definition) is 5. The van der Waals surface area contributed by atoms with Gasteiger partial charge in [-0.15, -0.1) is 0 Å². The van der Waals surface area contributed by atoms with Gasteiger partial charge in [-0.2, -0.15) is 0 Å².